The van der Waals surface area contributed by atoms with Gasteiger partial charge in [0.15, 0.2) is 0 Å². The van der Waals surface area contributed by atoms with E-state index in [4.69, 9.17) is 4.52 Å². The van der Waals surface area contributed by atoms with Gasteiger partial charge in [0.25, 0.3) is 0 Å². The molecular weight excluding hydrogens is 308 g/mol. The molecule has 0 N–H and O–H groups in total. The molecule has 7 nitrogen and oxygen atoms in total. The number of methoxy groups -OCH3 is 1. The highest BCUT2D eigenvalue weighted by Gasteiger charge is 2.19. The summed E-state index contributed by atoms with van der Waals surface area (Å²) in [6, 6.07) is 3.86. The van der Waals surface area contributed by atoms with Crippen molar-refractivity contribution in [1.82, 2.24) is 15.1 Å². The van der Waals surface area contributed by atoms with Crippen molar-refractivity contribution in [3.63, 3.8) is 0 Å². The first-order valence-corrected chi connectivity index (χ1v) is 8.29. The summed E-state index contributed by atoms with van der Waals surface area (Å²) in [7, 11) is 1.37. The third-order valence-corrected chi connectivity index (χ3v) is 4.25. The Bertz CT molecular complexity index is 695. The first kappa shape index (κ1) is 16.4. The van der Waals surface area contributed by atoms with Crippen LogP contribution in [0.5, 0.6) is 0 Å². The Morgan fingerprint density at radius 1 is 1.38 bits per heavy atom. The summed E-state index contributed by atoms with van der Waals surface area (Å²) in [5, 5.41) is 4.04. The summed E-state index contributed by atoms with van der Waals surface area (Å²) in [6.45, 7) is 3.92. The zero-order valence-electron chi connectivity index (χ0n) is 14.1. The smallest absolute Gasteiger partial charge is 0.306 e. The van der Waals surface area contributed by atoms with Crippen LogP contribution < -0.4 is 4.90 Å². The number of pyridine rings is 1. The van der Waals surface area contributed by atoms with E-state index in [1.165, 1.54) is 26.4 Å². The maximum absolute atomic E-state index is 11.4. The molecule has 0 radical (unpaired) electrons. The van der Waals surface area contributed by atoms with Crippen molar-refractivity contribution in [2.24, 2.45) is 0 Å². The molecule has 2 aromatic heterocycles. The van der Waals surface area contributed by atoms with Gasteiger partial charge >= 0.3 is 5.97 Å². The van der Waals surface area contributed by atoms with Gasteiger partial charge < -0.3 is 14.2 Å². The molecule has 2 aromatic rings. The second-order valence-electron chi connectivity index (χ2n) is 6.09. The number of piperidine rings is 1. The number of esters is 1. The van der Waals surface area contributed by atoms with Gasteiger partial charge in [0, 0.05) is 30.8 Å². The van der Waals surface area contributed by atoms with Crippen LogP contribution in [-0.2, 0) is 9.53 Å². The van der Waals surface area contributed by atoms with Gasteiger partial charge in [-0.15, -0.1) is 0 Å². The van der Waals surface area contributed by atoms with E-state index in [2.05, 4.69) is 24.8 Å². The largest absolute Gasteiger partial charge is 0.469 e. The van der Waals surface area contributed by atoms with Crippen LogP contribution in [-0.4, -0.2) is 41.3 Å². The van der Waals surface area contributed by atoms with Crippen LogP contribution in [0.15, 0.2) is 22.9 Å². The number of anilines is 1. The number of ether oxygens (including phenoxy) is 1. The standard InChI is InChI=1S/C17H22N4O3/c1-12(10-15(22)23-2)17-19-16(20-24-17)13-6-7-18-14(11-13)21-8-4-3-5-9-21/h6-7,11-12H,3-5,8-10H2,1-2H3/t12-/m1/s1. The molecule has 0 aromatic carbocycles. The van der Waals surface area contributed by atoms with E-state index in [1.807, 2.05) is 19.1 Å². The quantitative estimate of drug-likeness (QED) is 0.780. The van der Waals surface area contributed by atoms with Gasteiger partial charge in [-0.2, -0.15) is 4.98 Å². The molecule has 1 fully saturated rings. The third kappa shape index (κ3) is 3.72. The first-order chi connectivity index (χ1) is 11.7. The van der Waals surface area contributed by atoms with Crippen molar-refractivity contribution < 1.29 is 14.1 Å². The fourth-order valence-electron chi connectivity index (χ4n) is 2.83. The Morgan fingerprint density at radius 3 is 2.92 bits per heavy atom. The lowest BCUT2D eigenvalue weighted by atomic mass is 10.1. The van der Waals surface area contributed by atoms with Gasteiger partial charge in [-0.25, -0.2) is 4.98 Å². The summed E-state index contributed by atoms with van der Waals surface area (Å²) in [5.41, 5.74) is 0.867. The maximum atomic E-state index is 11.4. The minimum atomic E-state index is -0.293. The van der Waals surface area contributed by atoms with E-state index in [9.17, 15) is 4.79 Å². The fourth-order valence-corrected chi connectivity index (χ4v) is 2.83. The zero-order valence-corrected chi connectivity index (χ0v) is 14.1. The minimum absolute atomic E-state index is 0.179. The van der Waals surface area contributed by atoms with E-state index in [-0.39, 0.29) is 18.3 Å². The van der Waals surface area contributed by atoms with Crippen molar-refractivity contribution in [1.29, 1.82) is 0 Å². The van der Waals surface area contributed by atoms with Crippen LogP contribution in [0.1, 0.15) is 44.4 Å². The van der Waals surface area contributed by atoms with Crippen LogP contribution in [0, 0.1) is 0 Å². The van der Waals surface area contributed by atoms with Crippen molar-refractivity contribution in [3.8, 4) is 11.4 Å². The molecule has 1 saturated heterocycles. The number of carbonyl (C=O) groups excluding carboxylic acids is 1. The molecule has 0 unspecified atom stereocenters. The van der Waals surface area contributed by atoms with Crippen molar-refractivity contribution in [2.75, 3.05) is 25.1 Å². The van der Waals surface area contributed by atoms with E-state index < -0.39 is 0 Å². The topological polar surface area (TPSA) is 81.4 Å². The Kier molecular flexibility index (Phi) is 5.08. The highest BCUT2D eigenvalue weighted by atomic mass is 16.5. The van der Waals surface area contributed by atoms with Gasteiger partial charge in [0.05, 0.1) is 13.5 Å². The van der Waals surface area contributed by atoms with Crippen molar-refractivity contribution in [3.05, 3.63) is 24.2 Å². The number of nitrogens with zero attached hydrogens (tertiary/aromatic N) is 4. The number of carbonyl (C=O) groups is 1. The number of hydrogen-bond acceptors (Lipinski definition) is 7. The van der Waals surface area contributed by atoms with Crippen molar-refractivity contribution in [2.45, 2.75) is 38.5 Å². The predicted molar refractivity (Wildman–Crippen MR) is 88.6 cm³/mol. The molecule has 0 aliphatic carbocycles. The molecule has 1 aliphatic rings. The number of hydrogen-bond donors (Lipinski definition) is 0. The summed E-state index contributed by atoms with van der Waals surface area (Å²) in [5.74, 6) is 1.43. The SMILES string of the molecule is COC(=O)C[C@@H](C)c1nc(-c2ccnc(N3CCCCC3)c2)no1. The third-order valence-electron chi connectivity index (χ3n) is 4.25. The molecule has 0 amide bonds. The fraction of sp³-hybridized carbons (Fsp3) is 0.529. The molecule has 128 valence electrons. The average Bonchev–Trinajstić information content (AvgIpc) is 3.13. The summed E-state index contributed by atoms with van der Waals surface area (Å²) in [4.78, 5) is 22.5. The molecule has 1 atom stereocenters. The van der Waals surface area contributed by atoms with Gasteiger partial charge in [0.2, 0.25) is 11.7 Å². The molecule has 0 saturated carbocycles. The van der Waals surface area contributed by atoms with E-state index in [0.29, 0.717) is 11.7 Å². The lowest BCUT2D eigenvalue weighted by molar-refractivity contribution is -0.141. The number of rotatable bonds is 5. The summed E-state index contributed by atoms with van der Waals surface area (Å²) >= 11 is 0. The lowest BCUT2D eigenvalue weighted by Gasteiger charge is -2.27. The van der Waals surface area contributed by atoms with Crippen LogP contribution >= 0.6 is 0 Å². The van der Waals surface area contributed by atoms with Gasteiger partial charge in [0.1, 0.15) is 5.82 Å². The molecule has 0 spiro atoms. The van der Waals surface area contributed by atoms with Crippen LogP contribution in [0.4, 0.5) is 5.82 Å². The van der Waals surface area contributed by atoms with Crippen LogP contribution in [0.2, 0.25) is 0 Å². The summed E-state index contributed by atoms with van der Waals surface area (Å²) in [6.07, 6.45) is 5.66. The van der Waals surface area contributed by atoms with Gasteiger partial charge in [-0.3, -0.25) is 4.79 Å². The Labute approximate surface area is 141 Å². The average molecular weight is 330 g/mol. The Morgan fingerprint density at radius 2 is 2.17 bits per heavy atom. The van der Waals surface area contributed by atoms with Crippen molar-refractivity contribution >= 4 is 11.8 Å². The molecule has 7 heteroatoms. The van der Waals surface area contributed by atoms with E-state index >= 15 is 0 Å². The molecule has 0 bridgehead atoms. The predicted octanol–water partition coefficient (Wildman–Crippen LogP) is 2.79. The molecule has 24 heavy (non-hydrogen) atoms. The Balaban J connectivity index is 1.76. The maximum Gasteiger partial charge on any atom is 0.306 e. The number of aromatic nitrogens is 3. The van der Waals surface area contributed by atoms with Gasteiger partial charge in [-0.05, 0) is 31.4 Å². The highest BCUT2D eigenvalue weighted by Crippen LogP contribution is 2.25. The second kappa shape index (κ2) is 7.42. The molecular formula is C17H22N4O3. The minimum Gasteiger partial charge on any atom is -0.469 e. The molecule has 1 aliphatic heterocycles. The monoisotopic (exact) mass is 330 g/mol. The van der Waals surface area contributed by atoms with E-state index in [1.54, 1.807) is 6.20 Å². The Hall–Kier alpha value is -2.44. The van der Waals surface area contributed by atoms with E-state index in [0.717, 1.165) is 24.5 Å². The molecule has 3 heterocycles. The summed E-state index contributed by atoms with van der Waals surface area (Å²) < 4.78 is 9.98. The second-order valence-corrected chi connectivity index (χ2v) is 6.09. The van der Waals surface area contributed by atoms with Crippen LogP contribution in [0.25, 0.3) is 11.4 Å². The lowest BCUT2D eigenvalue weighted by Crippen LogP contribution is -2.30. The van der Waals surface area contributed by atoms with Gasteiger partial charge in [-0.1, -0.05) is 12.1 Å². The first-order valence-electron chi connectivity index (χ1n) is 8.29. The zero-order chi connectivity index (χ0) is 16.9. The molecule has 3 rings (SSSR count). The normalized spacial score (nSPS) is 16.0. The highest BCUT2D eigenvalue weighted by molar-refractivity contribution is 5.70. The van der Waals surface area contributed by atoms with Crippen LogP contribution in [0.3, 0.4) is 0 Å².